The van der Waals surface area contributed by atoms with Gasteiger partial charge in [-0.3, -0.25) is 4.79 Å². The smallest absolute Gasteiger partial charge is 0.387 e. The van der Waals surface area contributed by atoms with Gasteiger partial charge >= 0.3 is 6.61 Å². The normalized spacial score (nSPS) is 10.7. The second-order valence-corrected chi connectivity index (χ2v) is 8.41. The maximum atomic E-state index is 13.3. The van der Waals surface area contributed by atoms with E-state index in [1.54, 1.807) is 32.4 Å². The minimum absolute atomic E-state index is 0.123. The molecule has 202 valence electrons. The van der Waals surface area contributed by atoms with Crippen molar-refractivity contribution in [2.45, 2.75) is 6.61 Å². The maximum absolute atomic E-state index is 13.3. The van der Waals surface area contributed by atoms with Gasteiger partial charge in [-0.05, 0) is 56.6 Å². The molecule has 10 nitrogen and oxygen atoms in total. The molecular weight excluding hydrogens is 496 g/mol. The molecule has 0 fully saturated rings. The van der Waals surface area contributed by atoms with Crippen LogP contribution in [-0.4, -0.2) is 68.7 Å². The molecule has 2 aromatic carbocycles. The number of rotatable bonds is 13. The SMILES string of the molecule is C=CC(=O)Nc1cc(Nc2nccc(Nc3ccc(OC)cc3)n2)c(OC(F)F)cc1N(C)CCN(C)C. The molecule has 3 rings (SSSR count). The van der Waals surface area contributed by atoms with Crippen molar-refractivity contribution in [1.29, 1.82) is 0 Å². The highest BCUT2D eigenvalue weighted by molar-refractivity contribution is 6.02. The summed E-state index contributed by atoms with van der Waals surface area (Å²) in [6.07, 6.45) is 2.64. The fourth-order valence-corrected chi connectivity index (χ4v) is 3.36. The van der Waals surface area contributed by atoms with Crippen LogP contribution in [0.3, 0.4) is 0 Å². The zero-order valence-electron chi connectivity index (χ0n) is 21.7. The molecule has 0 aliphatic rings. The van der Waals surface area contributed by atoms with E-state index in [-0.39, 0.29) is 17.4 Å². The molecule has 0 atom stereocenters. The van der Waals surface area contributed by atoms with E-state index in [1.807, 2.05) is 36.0 Å². The molecule has 0 saturated carbocycles. The third-order valence-electron chi connectivity index (χ3n) is 5.32. The third-order valence-corrected chi connectivity index (χ3v) is 5.32. The van der Waals surface area contributed by atoms with Crippen molar-refractivity contribution >= 4 is 40.4 Å². The summed E-state index contributed by atoms with van der Waals surface area (Å²) in [5.74, 6) is 0.701. The van der Waals surface area contributed by atoms with E-state index in [0.29, 0.717) is 36.0 Å². The number of benzene rings is 2. The molecule has 1 amide bonds. The molecule has 3 N–H and O–H groups in total. The van der Waals surface area contributed by atoms with Gasteiger partial charge in [0.1, 0.15) is 11.6 Å². The van der Waals surface area contributed by atoms with Crippen LogP contribution in [0.5, 0.6) is 11.5 Å². The van der Waals surface area contributed by atoms with Crippen LogP contribution in [0.15, 0.2) is 61.3 Å². The number of carbonyl (C=O) groups is 1. The van der Waals surface area contributed by atoms with Crippen LogP contribution in [0.2, 0.25) is 0 Å². The summed E-state index contributed by atoms with van der Waals surface area (Å²) in [4.78, 5) is 24.6. The van der Waals surface area contributed by atoms with Crippen LogP contribution in [-0.2, 0) is 4.79 Å². The Morgan fingerprint density at radius 1 is 1.08 bits per heavy atom. The second kappa shape index (κ2) is 13.2. The van der Waals surface area contributed by atoms with Gasteiger partial charge in [0.05, 0.1) is 24.2 Å². The molecule has 0 spiro atoms. The number of methoxy groups -OCH3 is 1. The maximum Gasteiger partial charge on any atom is 0.387 e. The lowest BCUT2D eigenvalue weighted by Crippen LogP contribution is -2.29. The highest BCUT2D eigenvalue weighted by atomic mass is 19.3. The third kappa shape index (κ3) is 8.03. The van der Waals surface area contributed by atoms with Crippen LogP contribution >= 0.6 is 0 Å². The molecule has 3 aromatic rings. The number of hydrogen-bond donors (Lipinski definition) is 3. The minimum atomic E-state index is -3.08. The van der Waals surface area contributed by atoms with Crippen LogP contribution in [0.1, 0.15) is 0 Å². The number of ether oxygens (including phenoxy) is 2. The minimum Gasteiger partial charge on any atom is -0.497 e. The lowest BCUT2D eigenvalue weighted by Gasteiger charge is -2.26. The average Bonchev–Trinajstić information content (AvgIpc) is 2.89. The molecule has 1 aromatic heterocycles. The van der Waals surface area contributed by atoms with E-state index >= 15 is 0 Å². The molecule has 12 heteroatoms. The van der Waals surface area contributed by atoms with E-state index in [4.69, 9.17) is 9.47 Å². The number of nitrogens with one attached hydrogen (secondary N) is 3. The van der Waals surface area contributed by atoms with Gasteiger partial charge in [0, 0.05) is 38.1 Å². The summed E-state index contributed by atoms with van der Waals surface area (Å²) in [5.41, 5.74) is 1.75. The first-order valence-electron chi connectivity index (χ1n) is 11.6. The van der Waals surface area contributed by atoms with Gasteiger partial charge < -0.3 is 35.2 Å². The van der Waals surface area contributed by atoms with Crippen molar-refractivity contribution in [3.8, 4) is 11.5 Å². The second-order valence-electron chi connectivity index (χ2n) is 8.41. The summed E-state index contributed by atoms with van der Waals surface area (Å²) < 4.78 is 36.7. The monoisotopic (exact) mass is 527 g/mol. The Morgan fingerprint density at radius 3 is 2.45 bits per heavy atom. The molecule has 38 heavy (non-hydrogen) atoms. The molecule has 0 unspecified atom stereocenters. The predicted octanol–water partition coefficient (Wildman–Crippen LogP) is 4.70. The van der Waals surface area contributed by atoms with Crippen molar-refractivity contribution in [2.75, 3.05) is 62.2 Å². The van der Waals surface area contributed by atoms with Crippen molar-refractivity contribution in [1.82, 2.24) is 14.9 Å². The summed E-state index contributed by atoms with van der Waals surface area (Å²) in [5, 5.41) is 8.80. The molecule has 0 aliphatic heterocycles. The Morgan fingerprint density at radius 2 is 1.82 bits per heavy atom. The number of likely N-dealkylation sites (N-methyl/N-ethyl adjacent to an activating group) is 2. The summed E-state index contributed by atoms with van der Waals surface area (Å²) in [6.45, 7) is 1.67. The van der Waals surface area contributed by atoms with Crippen molar-refractivity contribution in [3.63, 3.8) is 0 Å². The van der Waals surface area contributed by atoms with Crippen molar-refractivity contribution in [3.05, 3.63) is 61.3 Å². The van der Waals surface area contributed by atoms with E-state index in [0.717, 1.165) is 11.8 Å². The van der Waals surface area contributed by atoms with Crippen molar-refractivity contribution in [2.24, 2.45) is 0 Å². The van der Waals surface area contributed by atoms with Crippen LogP contribution in [0.4, 0.5) is 43.3 Å². The Bertz CT molecular complexity index is 1240. The zero-order valence-corrected chi connectivity index (χ0v) is 21.7. The van der Waals surface area contributed by atoms with Gasteiger partial charge in [0.2, 0.25) is 11.9 Å². The highest BCUT2D eigenvalue weighted by Gasteiger charge is 2.19. The first-order valence-corrected chi connectivity index (χ1v) is 11.6. The van der Waals surface area contributed by atoms with E-state index < -0.39 is 12.5 Å². The van der Waals surface area contributed by atoms with Gasteiger partial charge in [-0.1, -0.05) is 6.58 Å². The topological polar surface area (TPSA) is 104 Å². The fraction of sp³-hybridized carbons (Fsp3) is 0.269. The lowest BCUT2D eigenvalue weighted by atomic mass is 10.2. The molecular formula is C26H31F2N7O3. The number of alkyl halides is 2. The Balaban J connectivity index is 1.95. The quantitative estimate of drug-likeness (QED) is 0.273. The molecule has 0 aliphatic carbocycles. The standard InChI is InChI=1S/C26H31F2N7O3/c1-6-24(36)31-19-15-20(22(38-25(27)28)16-21(19)35(4)14-13-34(2)3)32-26-29-12-11-23(33-26)30-17-7-9-18(37-5)10-8-17/h6-12,15-16,25H,1,13-14H2,2-5H3,(H,31,36)(H2,29,30,32,33). The fourth-order valence-electron chi connectivity index (χ4n) is 3.36. The van der Waals surface area contributed by atoms with E-state index in [1.165, 1.54) is 18.3 Å². The number of halogens is 2. The van der Waals surface area contributed by atoms with Gasteiger partial charge in [0.15, 0.2) is 5.75 Å². The summed E-state index contributed by atoms with van der Waals surface area (Å²) >= 11 is 0. The van der Waals surface area contributed by atoms with Gasteiger partial charge in [-0.15, -0.1) is 0 Å². The number of aromatic nitrogens is 2. The van der Waals surface area contributed by atoms with Crippen LogP contribution in [0.25, 0.3) is 0 Å². The van der Waals surface area contributed by atoms with Gasteiger partial charge in [-0.25, -0.2) is 4.98 Å². The Hall–Kier alpha value is -4.45. The van der Waals surface area contributed by atoms with Crippen LogP contribution in [0, 0.1) is 0 Å². The summed E-state index contributed by atoms with van der Waals surface area (Å²) in [7, 11) is 7.22. The summed E-state index contributed by atoms with van der Waals surface area (Å²) in [6, 6.07) is 11.8. The average molecular weight is 528 g/mol. The molecule has 0 bridgehead atoms. The number of anilines is 6. The first-order chi connectivity index (χ1) is 18.2. The predicted molar refractivity (Wildman–Crippen MR) is 145 cm³/mol. The highest BCUT2D eigenvalue weighted by Crippen LogP contribution is 2.39. The number of nitrogens with zero attached hydrogens (tertiary/aromatic N) is 4. The largest absolute Gasteiger partial charge is 0.497 e. The number of hydrogen-bond acceptors (Lipinski definition) is 9. The number of amides is 1. The van der Waals surface area contributed by atoms with Crippen LogP contribution < -0.4 is 30.3 Å². The number of carbonyl (C=O) groups excluding carboxylic acids is 1. The molecule has 1 heterocycles. The van der Waals surface area contributed by atoms with Crippen molar-refractivity contribution < 1.29 is 23.0 Å². The van der Waals surface area contributed by atoms with E-state index in [2.05, 4.69) is 32.5 Å². The molecule has 0 radical (unpaired) electrons. The van der Waals surface area contributed by atoms with Gasteiger partial charge in [-0.2, -0.15) is 13.8 Å². The first kappa shape index (κ1) is 28.1. The Kier molecular flexibility index (Phi) is 9.77. The van der Waals surface area contributed by atoms with Gasteiger partial charge in [0.25, 0.3) is 0 Å². The Labute approximate surface area is 220 Å². The lowest BCUT2D eigenvalue weighted by molar-refractivity contribution is -0.111. The molecule has 0 saturated heterocycles. The van der Waals surface area contributed by atoms with E-state index in [9.17, 15) is 13.6 Å². The zero-order chi connectivity index (χ0) is 27.7.